The van der Waals surface area contributed by atoms with Crippen LogP contribution < -0.4 is 10.1 Å². The van der Waals surface area contributed by atoms with E-state index in [1.165, 1.54) is 12.3 Å². The normalized spacial score (nSPS) is 13.2. The van der Waals surface area contributed by atoms with E-state index in [0.29, 0.717) is 31.1 Å². The Kier molecular flexibility index (Phi) is 5.51. The third-order valence-electron chi connectivity index (χ3n) is 3.60. The molecule has 0 unspecified atom stereocenters. The topological polar surface area (TPSA) is 56.8 Å². The number of carbonyl (C=O) groups excluding carboxylic acids is 1. The largest absolute Gasteiger partial charge is 0.494 e. The number of benzene rings is 2. The summed E-state index contributed by atoms with van der Waals surface area (Å²) in [6.07, 6.45) is 1.32. The molecule has 0 spiro atoms. The van der Waals surface area contributed by atoms with Crippen molar-refractivity contribution in [3.8, 4) is 5.75 Å². The number of carbonyl (C=O) groups is 1. The average molecular weight is 343 g/mol. The van der Waals surface area contributed by atoms with Gasteiger partial charge in [-0.3, -0.25) is 4.79 Å². The van der Waals surface area contributed by atoms with Crippen molar-refractivity contribution in [3.63, 3.8) is 0 Å². The van der Waals surface area contributed by atoms with Gasteiger partial charge in [0.2, 0.25) is 5.76 Å². The molecule has 0 atom stereocenters. The Morgan fingerprint density at radius 1 is 1.12 bits per heavy atom. The van der Waals surface area contributed by atoms with Crippen molar-refractivity contribution in [2.24, 2.45) is 0 Å². The Morgan fingerprint density at radius 2 is 1.92 bits per heavy atom. The van der Waals surface area contributed by atoms with Crippen LogP contribution in [0.15, 0.2) is 60.6 Å². The Morgan fingerprint density at radius 3 is 2.64 bits per heavy atom. The lowest BCUT2D eigenvalue weighted by Gasteiger charge is -2.15. The molecule has 1 amide bonds. The number of halogens is 1. The van der Waals surface area contributed by atoms with Crippen molar-refractivity contribution >= 4 is 5.91 Å². The number of rotatable bonds is 6. The van der Waals surface area contributed by atoms with Crippen molar-refractivity contribution < 1.29 is 23.4 Å². The first-order valence-corrected chi connectivity index (χ1v) is 7.90. The fourth-order valence-corrected chi connectivity index (χ4v) is 2.24. The van der Waals surface area contributed by atoms with Crippen molar-refractivity contribution in [2.75, 3.05) is 13.2 Å². The van der Waals surface area contributed by atoms with E-state index in [1.807, 2.05) is 12.1 Å². The second-order valence-corrected chi connectivity index (χ2v) is 5.41. The molecule has 25 heavy (non-hydrogen) atoms. The summed E-state index contributed by atoms with van der Waals surface area (Å²) in [5.74, 6) is 0.200. The summed E-state index contributed by atoms with van der Waals surface area (Å²) in [5.41, 5.74) is 1.41. The summed E-state index contributed by atoms with van der Waals surface area (Å²) < 4.78 is 29.4. The molecule has 1 aliphatic heterocycles. The fourth-order valence-electron chi connectivity index (χ4n) is 2.24. The lowest BCUT2D eigenvalue weighted by Crippen LogP contribution is -2.27. The quantitative estimate of drug-likeness (QED) is 0.876. The summed E-state index contributed by atoms with van der Waals surface area (Å²) in [7, 11) is 0. The van der Waals surface area contributed by atoms with Gasteiger partial charge in [0.1, 0.15) is 37.6 Å². The molecule has 0 bridgehead atoms. The third kappa shape index (κ3) is 4.73. The number of hydrogen-bond acceptors (Lipinski definition) is 4. The second-order valence-electron chi connectivity index (χ2n) is 5.41. The van der Waals surface area contributed by atoms with E-state index >= 15 is 0 Å². The van der Waals surface area contributed by atoms with Crippen LogP contribution in [0.25, 0.3) is 0 Å². The predicted molar refractivity (Wildman–Crippen MR) is 89.0 cm³/mol. The van der Waals surface area contributed by atoms with Gasteiger partial charge in [-0.25, -0.2) is 4.39 Å². The van der Waals surface area contributed by atoms with Gasteiger partial charge in [0.25, 0.3) is 5.91 Å². The van der Waals surface area contributed by atoms with Crippen molar-refractivity contribution in [3.05, 3.63) is 77.5 Å². The van der Waals surface area contributed by atoms with Crippen LogP contribution in [0.5, 0.6) is 5.75 Å². The summed E-state index contributed by atoms with van der Waals surface area (Å²) >= 11 is 0. The van der Waals surface area contributed by atoms with Gasteiger partial charge in [-0.05, 0) is 23.8 Å². The van der Waals surface area contributed by atoms with Crippen LogP contribution in [0.3, 0.4) is 0 Å². The van der Waals surface area contributed by atoms with E-state index in [0.717, 1.165) is 5.56 Å². The second kappa shape index (κ2) is 8.19. The minimum atomic E-state index is -0.320. The van der Waals surface area contributed by atoms with Crippen LogP contribution in [0.2, 0.25) is 0 Å². The van der Waals surface area contributed by atoms with E-state index in [1.54, 1.807) is 30.3 Å². The Labute approximate surface area is 145 Å². The summed E-state index contributed by atoms with van der Waals surface area (Å²) in [6.45, 7) is 1.33. The summed E-state index contributed by atoms with van der Waals surface area (Å²) in [4.78, 5) is 11.9. The van der Waals surface area contributed by atoms with E-state index in [2.05, 4.69) is 5.32 Å². The van der Waals surface area contributed by atoms with E-state index in [-0.39, 0.29) is 24.1 Å². The summed E-state index contributed by atoms with van der Waals surface area (Å²) in [6, 6.07) is 13.7. The molecule has 2 aromatic rings. The van der Waals surface area contributed by atoms with Crippen LogP contribution in [-0.2, 0) is 27.4 Å². The first-order chi connectivity index (χ1) is 12.2. The molecule has 5 nitrogen and oxygen atoms in total. The Hall–Kier alpha value is -3.02. The van der Waals surface area contributed by atoms with Crippen LogP contribution in [0, 0.1) is 5.82 Å². The van der Waals surface area contributed by atoms with E-state index < -0.39 is 0 Å². The van der Waals surface area contributed by atoms with E-state index in [4.69, 9.17) is 14.2 Å². The van der Waals surface area contributed by atoms with Crippen LogP contribution in [0.4, 0.5) is 4.39 Å². The highest BCUT2D eigenvalue weighted by Crippen LogP contribution is 2.16. The van der Waals surface area contributed by atoms with Gasteiger partial charge in [-0.2, -0.15) is 0 Å². The number of nitrogens with one attached hydrogen (secondary N) is 1. The smallest absolute Gasteiger partial charge is 0.289 e. The molecule has 1 heterocycles. The molecule has 0 fully saturated rings. The van der Waals surface area contributed by atoms with Gasteiger partial charge < -0.3 is 19.5 Å². The zero-order valence-electron chi connectivity index (χ0n) is 13.5. The maximum atomic E-state index is 13.5. The molecule has 0 aliphatic carbocycles. The minimum Gasteiger partial charge on any atom is -0.494 e. The molecule has 130 valence electrons. The van der Waals surface area contributed by atoms with Gasteiger partial charge in [0, 0.05) is 12.1 Å². The first kappa shape index (κ1) is 16.8. The zero-order valence-corrected chi connectivity index (χ0v) is 13.5. The highest BCUT2D eigenvalue weighted by atomic mass is 19.1. The maximum absolute atomic E-state index is 13.5. The molecule has 6 heteroatoms. The number of amides is 1. The predicted octanol–water partition coefficient (Wildman–Crippen LogP) is 2.91. The lowest BCUT2D eigenvalue weighted by molar-refractivity contribution is -0.122. The molecule has 0 radical (unpaired) electrons. The highest BCUT2D eigenvalue weighted by Gasteiger charge is 2.14. The Balaban J connectivity index is 1.49. The molecule has 1 N–H and O–H groups in total. The average Bonchev–Trinajstić information content (AvgIpc) is 2.67. The molecular formula is C19H18FNO4. The molecule has 0 saturated heterocycles. The zero-order chi connectivity index (χ0) is 17.5. The molecule has 1 aliphatic rings. The van der Waals surface area contributed by atoms with Gasteiger partial charge in [-0.1, -0.05) is 30.3 Å². The van der Waals surface area contributed by atoms with Gasteiger partial charge in [0.15, 0.2) is 0 Å². The first-order valence-electron chi connectivity index (χ1n) is 7.90. The fraction of sp³-hybridized carbons (Fsp3) is 0.211. The third-order valence-corrected chi connectivity index (χ3v) is 3.60. The van der Waals surface area contributed by atoms with Crippen LogP contribution in [0.1, 0.15) is 11.1 Å². The highest BCUT2D eigenvalue weighted by molar-refractivity contribution is 5.91. The minimum absolute atomic E-state index is 0.161. The molecule has 0 aromatic heterocycles. The van der Waals surface area contributed by atoms with Crippen LogP contribution >= 0.6 is 0 Å². The molecule has 3 rings (SSSR count). The maximum Gasteiger partial charge on any atom is 0.289 e. The van der Waals surface area contributed by atoms with Crippen molar-refractivity contribution in [1.29, 1.82) is 0 Å². The van der Waals surface area contributed by atoms with E-state index in [9.17, 15) is 9.18 Å². The van der Waals surface area contributed by atoms with Crippen LogP contribution in [-0.4, -0.2) is 19.1 Å². The summed E-state index contributed by atoms with van der Waals surface area (Å²) in [5, 5.41) is 2.75. The lowest BCUT2D eigenvalue weighted by atomic mass is 10.2. The molecular weight excluding hydrogens is 325 g/mol. The van der Waals surface area contributed by atoms with Gasteiger partial charge in [-0.15, -0.1) is 0 Å². The Bertz CT molecular complexity index is 758. The van der Waals surface area contributed by atoms with Crippen molar-refractivity contribution in [1.82, 2.24) is 5.32 Å². The molecule has 2 aromatic carbocycles. The molecule has 0 saturated carbocycles. The van der Waals surface area contributed by atoms with Gasteiger partial charge in [0.05, 0.1) is 0 Å². The SMILES string of the molecule is O=C(NCc1ccc(OCc2ccccc2F)cc1)C1=COCCO1. The monoisotopic (exact) mass is 343 g/mol. The number of ether oxygens (including phenoxy) is 3. The van der Waals surface area contributed by atoms with Crippen molar-refractivity contribution in [2.45, 2.75) is 13.2 Å². The van der Waals surface area contributed by atoms with Gasteiger partial charge >= 0.3 is 0 Å². The standard InChI is InChI=1S/C19H18FNO4/c20-17-4-2-1-3-15(17)12-25-16-7-5-14(6-8-16)11-21-19(22)18-13-23-9-10-24-18/h1-8,13H,9-12H2,(H,21,22). The number of hydrogen-bond donors (Lipinski definition) is 1.